The van der Waals surface area contributed by atoms with Gasteiger partial charge >= 0.3 is 6.18 Å². The van der Waals surface area contributed by atoms with Gasteiger partial charge in [0.2, 0.25) is 0 Å². The number of nitrogens with zero attached hydrogens (tertiary/aromatic N) is 1. The highest BCUT2D eigenvalue weighted by Crippen LogP contribution is 2.38. The fourth-order valence-corrected chi connectivity index (χ4v) is 2.55. The fraction of sp³-hybridized carbons (Fsp3) is 0.0588. The fourth-order valence-electron chi connectivity index (χ4n) is 2.55. The summed E-state index contributed by atoms with van der Waals surface area (Å²) in [6.07, 6.45) is -0.418. The molecule has 0 amide bonds. The van der Waals surface area contributed by atoms with Crippen LogP contribution in [0.15, 0.2) is 48.8 Å². The number of hydrogen-bond acceptors (Lipinski definition) is 3. The molecule has 0 aliphatic heterocycles. The van der Waals surface area contributed by atoms with Gasteiger partial charge in [0, 0.05) is 40.8 Å². The number of benzene rings is 2. The molecule has 3 rings (SSSR count). The number of nitrogens with one attached hydrogen (secondary N) is 1. The van der Waals surface area contributed by atoms with Crippen molar-refractivity contribution in [3.8, 4) is 11.1 Å². The second-order valence-electron chi connectivity index (χ2n) is 5.08. The summed E-state index contributed by atoms with van der Waals surface area (Å²) in [6.45, 7) is 0. The largest absolute Gasteiger partial charge is 0.416 e. The van der Waals surface area contributed by atoms with Crippen LogP contribution in [0.4, 0.5) is 18.9 Å². The van der Waals surface area contributed by atoms with Gasteiger partial charge in [-0.25, -0.2) is 0 Å². The van der Waals surface area contributed by atoms with Gasteiger partial charge in [0.15, 0.2) is 0 Å². The molecular weight excluding hydrogens is 303 g/mol. The number of alkyl halides is 3. The summed E-state index contributed by atoms with van der Waals surface area (Å²) in [6, 6.07) is 9.12. The van der Waals surface area contributed by atoms with Crippen LogP contribution in [0.2, 0.25) is 0 Å². The lowest BCUT2D eigenvalue weighted by molar-refractivity contribution is -0.137. The lowest BCUT2D eigenvalue weighted by Crippen LogP contribution is -2.08. The Hall–Kier alpha value is -2.89. The molecule has 0 aliphatic rings. The third-order valence-electron chi connectivity index (χ3n) is 3.64. The summed E-state index contributed by atoms with van der Waals surface area (Å²) in [5.41, 5.74) is 5.82. The average Bonchev–Trinajstić information content (AvgIpc) is 2.52. The van der Waals surface area contributed by atoms with E-state index in [1.807, 2.05) is 12.1 Å². The highest BCUT2D eigenvalue weighted by atomic mass is 19.4. The van der Waals surface area contributed by atoms with E-state index in [9.17, 15) is 13.2 Å². The van der Waals surface area contributed by atoms with E-state index in [2.05, 4.69) is 4.98 Å². The lowest BCUT2D eigenvalue weighted by Gasteiger charge is -2.15. The average molecular weight is 315 g/mol. The zero-order chi connectivity index (χ0) is 16.6. The van der Waals surface area contributed by atoms with E-state index < -0.39 is 11.7 Å². The van der Waals surface area contributed by atoms with E-state index in [0.717, 1.165) is 29.1 Å². The molecule has 0 saturated carbocycles. The van der Waals surface area contributed by atoms with Crippen molar-refractivity contribution < 1.29 is 13.2 Å². The minimum Gasteiger partial charge on any atom is -0.398 e. The van der Waals surface area contributed by atoms with Crippen LogP contribution in [0, 0.1) is 5.41 Å². The number of hydrogen-bond donors (Lipinski definition) is 2. The van der Waals surface area contributed by atoms with Crippen LogP contribution in [0.1, 0.15) is 11.1 Å². The molecule has 3 aromatic rings. The number of anilines is 1. The minimum atomic E-state index is -4.51. The quantitative estimate of drug-likeness (QED) is 0.540. The molecule has 0 unspecified atom stereocenters. The molecule has 1 heterocycles. The van der Waals surface area contributed by atoms with Crippen molar-refractivity contribution in [2.45, 2.75) is 6.18 Å². The Morgan fingerprint density at radius 1 is 1.04 bits per heavy atom. The van der Waals surface area contributed by atoms with Crippen molar-refractivity contribution in [2.75, 3.05) is 5.73 Å². The first-order valence-electron chi connectivity index (χ1n) is 6.76. The second-order valence-corrected chi connectivity index (χ2v) is 5.08. The van der Waals surface area contributed by atoms with Crippen molar-refractivity contribution >= 4 is 22.7 Å². The second kappa shape index (κ2) is 5.39. The van der Waals surface area contributed by atoms with Crippen LogP contribution in [0.5, 0.6) is 0 Å². The predicted molar refractivity (Wildman–Crippen MR) is 84.5 cm³/mol. The summed E-state index contributed by atoms with van der Waals surface area (Å²) >= 11 is 0. The number of nitrogens with two attached hydrogens (primary N) is 1. The maximum Gasteiger partial charge on any atom is 0.416 e. The van der Waals surface area contributed by atoms with Crippen molar-refractivity contribution in [2.24, 2.45) is 0 Å². The molecule has 2 aromatic carbocycles. The Balaban J connectivity index is 2.37. The van der Waals surface area contributed by atoms with Crippen molar-refractivity contribution in [1.82, 2.24) is 4.98 Å². The molecule has 116 valence electrons. The number of nitrogen functional groups attached to an aromatic ring is 1. The minimum absolute atomic E-state index is 0.0854. The Morgan fingerprint density at radius 2 is 1.78 bits per heavy atom. The maximum atomic E-state index is 13.1. The predicted octanol–water partition coefficient (Wildman–Crippen LogP) is 4.50. The summed E-state index contributed by atoms with van der Waals surface area (Å²) in [7, 11) is 0. The number of aromatic nitrogens is 1. The summed E-state index contributed by atoms with van der Waals surface area (Å²) in [5, 5.41) is 9.06. The van der Waals surface area contributed by atoms with E-state index in [0.29, 0.717) is 5.56 Å². The van der Waals surface area contributed by atoms with Crippen LogP contribution in [0.25, 0.3) is 21.9 Å². The normalized spacial score (nSPS) is 11.6. The van der Waals surface area contributed by atoms with Crippen LogP contribution < -0.4 is 5.73 Å². The number of pyridine rings is 1. The van der Waals surface area contributed by atoms with Crippen molar-refractivity contribution in [3.63, 3.8) is 0 Å². The highest BCUT2D eigenvalue weighted by molar-refractivity contribution is 6.03. The van der Waals surface area contributed by atoms with E-state index in [-0.39, 0.29) is 16.8 Å². The molecule has 0 radical (unpaired) electrons. The Labute approximate surface area is 130 Å². The molecule has 3 nitrogen and oxygen atoms in total. The van der Waals surface area contributed by atoms with Crippen LogP contribution in [-0.4, -0.2) is 11.2 Å². The van der Waals surface area contributed by atoms with Gasteiger partial charge in [-0.1, -0.05) is 24.3 Å². The van der Waals surface area contributed by atoms with Gasteiger partial charge in [0.05, 0.1) is 5.56 Å². The van der Waals surface area contributed by atoms with Crippen LogP contribution in [-0.2, 0) is 6.18 Å². The summed E-state index contributed by atoms with van der Waals surface area (Å²) in [4.78, 5) is 4.09. The zero-order valence-corrected chi connectivity index (χ0v) is 11.9. The monoisotopic (exact) mass is 315 g/mol. The molecule has 0 bridgehead atoms. The van der Waals surface area contributed by atoms with Gasteiger partial charge in [-0.15, -0.1) is 0 Å². The summed E-state index contributed by atoms with van der Waals surface area (Å²) < 4.78 is 39.3. The zero-order valence-electron chi connectivity index (χ0n) is 11.9. The molecular formula is C17H12F3N3. The third kappa shape index (κ3) is 2.63. The standard InChI is InChI=1S/C17H12F3N3/c18-17(19,20)11-5-13(14(7-21)16(22)6-11)15-9-23-8-10-3-1-2-4-12(10)15/h1-9,21H,22H2. The molecule has 0 spiro atoms. The topological polar surface area (TPSA) is 62.8 Å². The third-order valence-corrected chi connectivity index (χ3v) is 3.64. The molecule has 0 saturated heterocycles. The highest BCUT2D eigenvalue weighted by Gasteiger charge is 2.32. The number of rotatable bonds is 2. The number of fused-ring (bicyclic) bond motifs is 1. The van der Waals surface area contributed by atoms with Gasteiger partial charge in [-0.05, 0) is 23.1 Å². The van der Waals surface area contributed by atoms with Crippen LogP contribution >= 0.6 is 0 Å². The smallest absolute Gasteiger partial charge is 0.398 e. The first-order chi connectivity index (χ1) is 10.9. The first kappa shape index (κ1) is 15.0. The lowest BCUT2D eigenvalue weighted by atomic mass is 9.94. The van der Waals surface area contributed by atoms with Gasteiger partial charge < -0.3 is 11.1 Å². The van der Waals surface area contributed by atoms with E-state index in [1.165, 1.54) is 6.20 Å². The maximum absolute atomic E-state index is 13.1. The molecule has 3 N–H and O–H groups in total. The molecule has 6 heteroatoms. The van der Waals surface area contributed by atoms with Gasteiger partial charge in [-0.3, -0.25) is 4.98 Å². The Kier molecular flexibility index (Phi) is 3.52. The molecule has 0 fully saturated rings. The van der Waals surface area contributed by atoms with E-state index in [1.54, 1.807) is 18.3 Å². The number of halogens is 3. The van der Waals surface area contributed by atoms with Crippen LogP contribution in [0.3, 0.4) is 0 Å². The molecule has 1 aromatic heterocycles. The molecule has 0 atom stereocenters. The first-order valence-corrected chi connectivity index (χ1v) is 6.76. The molecule has 0 aliphatic carbocycles. The Bertz CT molecular complexity index is 896. The van der Waals surface area contributed by atoms with Gasteiger partial charge in [-0.2, -0.15) is 13.2 Å². The van der Waals surface area contributed by atoms with E-state index >= 15 is 0 Å². The molecule has 23 heavy (non-hydrogen) atoms. The van der Waals surface area contributed by atoms with Gasteiger partial charge in [0.1, 0.15) is 0 Å². The van der Waals surface area contributed by atoms with E-state index in [4.69, 9.17) is 11.1 Å². The Morgan fingerprint density at radius 3 is 2.48 bits per heavy atom. The SMILES string of the molecule is N=Cc1c(N)cc(C(F)(F)F)cc1-c1cncc2ccccc12. The van der Waals surface area contributed by atoms with Crippen molar-refractivity contribution in [1.29, 1.82) is 5.41 Å². The summed E-state index contributed by atoms with van der Waals surface area (Å²) in [5.74, 6) is 0. The van der Waals surface area contributed by atoms with Crippen molar-refractivity contribution in [3.05, 3.63) is 59.9 Å². The van der Waals surface area contributed by atoms with Gasteiger partial charge in [0.25, 0.3) is 0 Å².